The van der Waals surface area contributed by atoms with Crippen molar-refractivity contribution in [2.45, 2.75) is 26.7 Å². The summed E-state index contributed by atoms with van der Waals surface area (Å²) in [5.41, 5.74) is 0. The predicted octanol–water partition coefficient (Wildman–Crippen LogP) is 0.505. The van der Waals surface area contributed by atoms with Gasteiger partial charge in [0, 0.05) is 0 Å². The number of rotatable bonds is 1. The molecule has 0 bridgehead atoms. The summed E-state index contributed by atoms with van der Waals surface area (Å²) in [5, 5.41) is 0. The van der Waals surface area contributed by atoms with E-state index in [2.05, 4.69) is 13.8 Å². The molecule has 2 N–H and O–H groups in total. The van der Waals surface area contributed by atoms with Crippen LogP contribution in [0.5, 0.6) is 0 Å². The molecule has 0 rings (SSSR count). The molecular formula is C4H13KO4S. The van der Waals surface area contributed by atoms with Crippen LogP contribution in [-0.2, 0) is 10.4 Å². The normalized spacial score (nSPS) is 8.80. The third-order valence-corrected chi connectivity index (χ3v) is 0.500. The molecule has 0 aromatic rings. The van der Waals surface area contributed by atoms with E-state index in [0.29, 0.717) is 0 Å². The summed E-state index contributed by atoms with van der Waals surface area (Å²) in [5.74, 6) is 0. The first kappa shape index (κ1) is 17.6. The SMILES string of the molecule is CCCC.O=S(=O)(O)O.[KH]. The summed E-state index contributed by atoms with van der Waals surface area (Å²) in [6, 6.07) is 0. The van der Waals surface area contributed by atoms with Gasteiger partial charge in [-0.15, -0.1) is 0 Å². The summed E-state index contributed by atoms with van der Waals surface area (Å²) in [7, 11) is -4.67. The Labute approximate surface area is 104 Å². The van der Waals surface area contributed by atoms with E-state index < -0.39 is 10.4 Å². The van der Waals surface area contributed by atoms with E-state index in [4.69, 9.17) is 17.5 Å². The van der Waals surface area contributed by atoms with Crippen LogP contribution in [0.15, 0.2) is 0 Å². The van der Waals surface area contributed by atoms with E-state index in [0.717, 1.165) is 0 Å². The van der Waals surface area contributed by atoms with Crippen molar-refractivity contribution in [2.24, 2.45) is 0 Å². The van der Waals surface area contributed by atoms with Gasteiger partial charge in [0.1, 0.15) is 0 Å². The molecule has 0 atom stereocenters. The first-order chi connectivity index (χ1) is 3.91. The Bertz CT molecular complexity index is 120. The van der Waals surface area contributed by atoms with Crippen LogP contribution in [0.1, 0.15) is 26.7 Å². The van der Waals surface area contributed by atoms with Crippen LogP contribution in [0.25, 0.3) is 0 Å². The molecule has 0 aliphatic carbocycles. The Morgan fingerprint density at radius 1 is 1.10 bits per heavy atom. The minimum absolute atomic E-state index is 0. The van der Waals surface area contributed by atoms with Gasteiger partial charge in [-0.3, -0.25) is 9.11 Å². The molecule has 4 nitrogen and oxygen atoms in total. The molecule has 0 amide bonds. The number of unbranched alkanes of at least 4 members (excludes halogenated alkanes) is 1. The molecule has 0 saturated heterocycles. The summed E-state index contributed by atoms with van der Waals surface area (Å²) in [4.78, 5) is 0. The third kappa shape index (κ3) is 110. The molecule has 60 valence electrons. The molecule has 0 spiro atoms. The van der Waals surface area contributed by atoms with Crippen molar-refractivity contribution in [1.29, 1.82) is 0 Å². The van der Waals surface area contributed by atoms with E-state index >= 15 is 0 Å². The molecule has 0 aliphatic rings. The standard InChI is InChI=1S/C4H10.K.H2O4S.H/c1-3-4-2;;1-5(2,3)4;/h3-4H2,1-2H3;;(H2,1,2,3,4);. The van der Waals surface area contributed by atoms with Crippen molar-refractivity contribution in [2.75, 3.05) is 0 Å². The van der Waals surface area contributed by atoms with Crippen LogP contribution < -0.4 is 0 Å². The van der Waals surface area contributed by atoms with Crippen LogP contribution in [0.2, 0.25) is 0 Å². The fraction of sp³-hybridized carbons (Fsp3) is 1.00. The Morgan fingerprint density at radius 2 is 1.20 bits per heavy atom. The molecule has 0 aliphatic heterocycles. The molecule has 0 unspecified atom stereocenters. The van der Waals surface area contributed by atoms with E-state index in [1.807, 2.05) is 0 Å². The Hall–Kier alpha value is 1.51. The molecule has 6 heteroatoms. The van der Waals surface area contributed by atoms with Gasteiger partial charge in [-0.25, -0.2) is 0 Å². The van der Waals surface area contributed by atoms with E-state index in [1.54, 1.807) is 0 Å². The Morgan fingerprint density at radius 3 is 1.20 bits per heavy atom. The second-order valence-corrected chi connectivity index (χ2v) is 2.34. The van der Waals surface area contributed by atoms with Gasteiger partial charge in [0.15, 0.2) is 0 Å². The summed E-state index contributed by atoms with van der Waals surface area (Å²) < 4.78 is 31.6. The average molecular weight is 196 g/mol. The van der Waals surface area contributed by atoms with Crippen LogP contribution in [0.4, 0.5) is 0 Å². The first-order valence-electron chi connectivity index (χ1n) is 2.61. The van der Waals surface area contributed by atoms with Crippen molar-refractivity contribution in [3.63, 3.8) is 0 Å². The van der Waals surface area contributed by atoms with Gasteiger partial charge in [-0.1, -0.05) is 26.7 Å². The van der Waals surface area contributed by atoms with Gasteiger partial charge < -0.3 is 0 Å². The number of hydrogen-bond acceptors (Lipinski definition) is 2. The molecule has 0 aromatic carbocycles. The average Bonchev–Trinajstić information content (AvgIpc) is 1.61. The van der Waals surface area contributed by atoms with Gasteiger partial charge in [-0.2, -0.15) is 8.42 Å². The van der Waals surface area contributed by atoms with Crippen LogP contribution in [0.3, 0.4) is 0 Å². The molecule has 0 aromatic heterocycles. The zero-order valence-corrected chi connectivity index (χ0v) is 6.35. The fourth-order valence-electron chi connectivity index (χ4n) is 0. The summed E-state index contributed by atoms with van der Waals surface area (Å²) >= 11 is 0. The molecule has 0 fully saturated rings. The van der Waals surface area contributed by atoms with Crippen LogP contribution in [-0.4, -0.2) is 68.9 Å². The maximum atomic E-state index is 8.74. The zero-order chi connectivity index (χ0) is 7.91. The van der Waals surface area contributed by atoms with E-state index in [9.17, 15) is 0 Å². The van der Waals surface area contributed by atoms with Gasteiger partial charge in [0.25, 0.3) is 0 Å². The quantitative estimate of drug-likeness (QED) is 0.473. The van der Waals surface area contributed by atoms with Gasteiger partial charge >= 0.3 is 61.8 Å². The molecular weight excluding hydrogens is 183 g/mol. The zero-order valence-electron chi connectivity index (χ0n) is 5.53. The minimum atomic E-state index is -4.67. The van der Waals surface area contributed by atoms with Gasteiger partial charge in [-0.05, 0) is 0 Å². The third-order valence-electron chi connectivity index (χ3n) is 0.500. The molecule has 0 radical (unpaired) electrons. The number of hydrogen-bond donors (Lipinski definition) is 2. The van der Waals surface area contributed by atoms with Gasteiger partial charge in [0.05, 0.1) is 0 Å². The fourth-order valence-corrected chi connectivity index (χ4v) is 0. The second kappa shape index (κ2) is 10.5. The van der Waals surface area contributed by atoms with E-state index in [-0.39, 0.29) is 51.4 Å². The van der Waals surface area contributed by atoms with E-state index in [1.165, 1.54) is 12.8 Å². The van der Waals surface area contributed by atoms with Crippen molar-refractivity contribution >= 4 is 61.8 Å². The topological polar surface area (TPSA) is 74.6 Å². The molecule has 10 heavy (non-hydrogen) atoms. The van der Waals surface area contributed by atoms with Crippen molar-refractivity contribution in [1.82, 2.24) is 0 Å². The van der Waals surface area contributed by atoms with Gasteiger partial charge in [0.2, 0.25) is 0 Å². The van der Waals surface area contributed by atoms with Crippen molar-refractivity contribution in [3.8, 4) is 0 Å². The van der Waals surface area contributed by atoms with Crippen molar-refractivity contribution in [3.05, 3.63) is 0 Å². The maximum absolute atomic E-state index is 8.74. The first-order valence-corrected chi connectivity index (χ1v) is 4.01. The Kier molecular flexibility index (Phi) is 18.4. The molecule has 0 saturated carbocycles. The second-order valence-electron chi connectivity index (χ2n) is 1.45. The Balaban J connectivity index is -0.0000000910. The predicted molar refractivity (Wildman–Crippen MR) is 41.9 cm³/mol. The molecule has 0 heterocycles. The van der Waals surface area contributed by atoms with Crippen LogP contribution in [0, 0.1) is 0 Å². The summed E-state index contributed by atoms with van der Waals surface area (Å²) in [6.45, 7) is 4.36. The summed E-state index contributed by atoms with van der Waals surface area (Å²) in [6.07, 6.45) is 2.64. The monoisotopic (exact) mass is 196 g/mol. The van der Waals surface area contributed by atoms with Crippen molar-refractivity contribution < 1.29 is 17.5 Å². The van der Waals surface area contributed by atoms with Crippen LogP contribution >= 0.6 is 0 Å².